The molecule has 0 spiro atoms. The summed E-state index contributed by atoms with van der Waals surface area (Å²) in [4.78, 5) is 6.84. The second-order valence-electron chi connectivity index (χ2n) is 7.64. The van der Waals surface area contributed by atoms with Gasteiger partial charge in [0.05, 0.1) is 12.7 Å². The average Bonchev–Trinajstić information content (AvgIpc) is 2.70. The van der Waals surface area contributed by atoms with Crippen LogP contribution in [-0.2, 0) is 9.47 Å². The molecule has 26 heavy (non-hydrogen) atoms. The smallest absolute Gasteiger partial charge is 0.190 e. The Balaban J connectivity index is 1.48. The van der Waals surface area contributed by atoms with Crippen LogP contribution in [0, 0.1) is 5.92 Å². The minimum Gasteiger partial charge on any atom is -0.383 e. The van der Waals surface area contributed by atoms with Crippen molar-refractivity contribution in [3.8, 4) is 0 Å². The lowest BCUT2D eigenvalue weighted by Crippen LogP contribution is -2.43. The topological polar surface area (TPSA) is 58.1 Å². The molecule has 2 aliphatic rings. The Bertz CT molecular complexity index is 378. The van der Waals surface area contributed by atoms with Gasteiger partial charge in [0, 0.05) is 40.4 Å². The van der Waals surface area contributed by atoms with E-state index in [0.29, 0.717) is 6.10 Å². The maximum Gasteiger partial charge on any atom is 0.190 e. The monoisotopic (exact) mass is 368 g/mol. The van der Waals surface area contributed by atoms with Gasteiger partial charge in [0.2, 0.25) is 0 Å². The first-order valence-electron chi connectivity index (χ1n) is 10.6. The van der Waals surface area contributed by atoms with Gasteiger partial charge in [-0.2, -0.15) is 0 Å². The van der Waals surface area contributed by atoms with E-state index in [9.17, 15) is 0 Å². The molecule has 0 aromatic rings. The van der Waals surface area contributed by atoms with Crippen molar-refractivity contribution in [2.24, 2.45) is 10.9 Å². The van der Waals surface area contributed by atoms with Crippen molar-refractivity contribution in [3.05, 3.63) is 0 Å². The van der Waals surface area contributed by atoms with Crippen LogP contribution >= 0.6 is 0 Å². The third kappa shape index (κ3) is 8.69. The lowest BCUT2D eigenvalue weighted by molar-refractivity contribution is 0.0277. The van der Waals surface area contributed by atoms with Gasteiger partial charge in [-0.15, -0.1) is 0 Å². The van der Waals surface area contributed by atoms with Crippen LogP contribution in [0.15, 0.2) is 4.99 Å². The van der Waals surface area contributed by atoms with Crippen molar-refractivity contribution < 1.29 is 9.47 Å². The third-order valence-electron chi connectivity index (χ3n) is 5.62. The zero-order valence-corrected chi connectivity index (χ0v) is 17.0. The van der Waals surface area contributed by atoms with Gasteiger partial charge in [0.1, 0.15) is 0 Å². The van der Waals surface area contributed by atoms with Gasteiger partial charge in [-0.05, 0) is 51.1 Å². The molecular weight excluding hydrogens is 328 g/mol. The molecule has 1 saturated heterocycles. The minimum atomic E-state index is 0.510. The van der Waals surface area contributed by atoms with E-state index >= 15 is 0 Å². The second kappa shape index (κ2) is 13.3. The zero-order chi connectivity index (χ0) is 18.5. The summed E-state index contributed by atoms with van der Waals surface area (Å²) in [6.45, 7) is 7.04. The van der Waals surface area contributed by atoms with Crippen LogP contribution < -0.4 is 10.6 Å². The fourth-order valence-electron chi connectivity index (χ4n) is 3.86. The number of aliphatic imine (C=N–C) groups is 1. The van der Waals surface area contributed by atoms with E-state index in [1.54, 1.807) is 7.11 Å². The average molecular weight is 369 g/mol. The van der Waals surface area contributed by atoms with Crippen LogP contribution in [0.25, 0.3) is 0 Å². The zero-order valence-electron chi connectivity index (χ0n) is 17.0. The summed E-state index contributed by atoms with van der Waals surface area (Å²) in [5.74, 6) is 1.66. The Labute approximate surface area is 160 Å². The molecule has 0 aromatic carbocycles. The SMILES string of the molecule is CN=C(NCCCOC1CCCCC1)NCC1CCN(CCOC)CC1. The molecule has 1 saturated carbocycles. The molecule has 1 aliphatic heterocycles. The van der Waals surface area contributed by atoms with Crippen LogP contribution in [0.2, 0.25) is 0 Å². The van der Waals surface area contributed by atoms with E-state index in [1.165, 1.54) is 58.0 Å². The Morgan fingerprint density at radius 1 is 1.04 bits per heavy atom. The van der Waals surface area contributed by atoms with Gasteiger partial charge in [0.25, 0.3) is 0 Å². The quantitative estimate of drug-likeness (QED) is 0.352. The summed E-state index contributed by atoms with van der Waals surface area (Å²) < 4.78 is 11.1. The van der Waals surface area contributed by atoms with Gasteiger partial charge in [-0.25, -0.2) is 0 Å². The van der Waals surface area contributed by atoms with Crippen LogP contribution in [0.5, 0.6) is 0 Å². The van der Waals surface area contributed by atoms with Crippen LogP contribution in [0.3, 0.4) is 0 Å². The summed E-state index contributed by atoms with van der Waals surface area (Å²) >= 11 is 0. The molecule has 0 unspecified atom stereocenters. The standard InChI is InChI=1S/C20H40N4O2/c1-21-20(22-11-6-15-26-19-7-4-3-5-8-19)23-17-18-9-12-24(13-10-18)14-16-25-2/h18-19H,3-17H2,1-2H3,(H2,21,22,23). The fraction of sp³-hybridized carbons (Fsp3) is 0.950. The predicted molar refractivity (Wildman–Crippen MR) is 108 cm³/mol. The van der Waals surface area contributed by atoms with E-state index in [0.717, 1.165) is 51.1 Å². The number of nitrogens with zero attached hydrogens (tertiary/aromatic N) is 2. The van der Waals surface area contributed by atoms with E-state index in [1.807, 2.05) is 7.05 Å². The van der Waals surface area contributed by atoms with Crippen molar-refractivity contribution >= 4 is 5.96 Å². The van der Waals surface area contributed by atoms with E-state index < -0.39 is 0 Å². The van der Waals surface area contributed by atoms with Crippen LogP contribution in [0.4, 0.5) is 0 Å². The summed E-state index contributed by atoms with van der Waals surface area (Å²) in [6, 6.07) is 0. The van der Waals surface area contributed by atoms with Crippen molar-refractivity contribution in [2.75, 3.05) is 60.1 Å². The number of piperidine rings is 1. The maximum absolute atomic E-state index is 5.98. The Morgan fingerprint density at radius 2 is 1.81 bits per heavy atom. The third-order valence-corrected chi connectivity index (χ3v) is 5.62. The Morgan fingerprint density at radius 3 is 2.50 bits per heavy atom. The predicted octanol–water partition coefficient (Wildman–Crippen LogP) is 2.25. The summed E-state index contributed by atoms with van der Waals surface area (Å²) in [7, 11) is 3.62. The number of hydrogen-bond donors (Lipinski definition) is 2. The van der Waals surface area contributed by atoms with Gasteiger partial charge in [-0.1, -0.05) is 19.3 Å². The van der Waals surface area contributed by atoms with Gasteiger partial charge >= 0.3 is 0 Å². The summed E-state index contributed by atoms with van der Waals surface area (Å²) in [6.07, 6.45) is 10.6. The number of nitrogens with one attached hydrogen (secondary N) is 2. The Hall–Kier alpha value is -0.850. The van der Waals surface area contributed by atoms with E-state index in [-0.39, 0.29) is 0 Å². The highest BCUT2D eigenvalue weighted by molar-refractivity contribution is 5.79. The molecule has 0 bridgehead atoms. The largest absolute Gasteiger partial charge is 0.383 e. The first kappa shape index (κ1) is 21.5. The first-order valence-corrected chi connectivity index (χ1v) is 10.6. The highest BCUT2D eigenvalue weighted by atomic mass is 16.5. The van der Waals surface area contributed by atoms with Crippen LogP contribution in [-0.4, -0.2) is 77.1 Å². The molecule has 0 radical (unpaired) electrons. The fourth-order valence-corrected chi connectivity index (χ4v) is 3.86. The number of methoxy groups -OCH3 is 1. The number of guanidine groups is 1. The molecule has 2 rings (SSSR count). The number of rotatable bonds is 10. The number of ether oxygens (including phenoxy) is 2. The van der Waals surface area contributed by atoms with Crippen molar-refractivity contribution in [2.45, 2.75) is 57.5 Å². The molecule has 0 aromatic heterocycles. The second-order valence-corrected chi connectivity index (χ2v) is 7.64. The molecule has 2 N–H and O–H groups in total. The molecule has 0 amide bonds. The number of likely N-dealkylation sites (tertiary alicyclic amines) is 1. The van der Waals surface area contributed by atoms with Gasteiger partial charge in [0.15, 0.2) is 5.96 Å². The van der Waals surface area contributed by atoms with E-state index in [2.05, 4.69) is 20.5 Å². The molecule has 152 valence electrons. The first-order chi connectivity index (χ1) is 12.8. The molecule has 6 nitrogen and oxygen atoms in total. The van der Waals surface area contributed by atoms with Gasteiger partial charge < -0.3 is 25.0 Å². The van der Waals surface area contributed by atoms with Crippen molar-refractivity contribution in [1.82, 2.24) is 15.5 Å². The van der Waals surface area contributed by atoms with Gasteiger partial charge in [-0.3, -0.25) is 4.99 Å². The molecule has 1 aliphatic carbocycles. The molecular formula is C20H40N4O2. The lowest BCUT2D eigenvalue weighted by Gasteiger charge is -2.32. The number of hydrogen-bond acceptors (Lipinski definition) is 4. The summed E-state index contributed by atoms with van der Waals surface area (Å²) in [5, 5.41) is 6.91. The Kier molecular flexibility index (Phi) is 11.0. The molecule has 6 heteroatoms. The normalized spacial score (nSPS) is 21.1. The molecule has 0 atom stereocenters. The van der Waals surface area contributed by atoms with E-state index in [4.69, 9.17) is 9.47 Å². The maximum atomic E-state index is 5.98. The highest BCUT2D eigenvalue weighted by Gasteiger charge is 2.19. The summed E-state index contributed by atoms with van der Waals surface area (Å²) in [5.41, 5.74) is 0. The highest BCUT2D eigenvalue weighted by Crippen LogP contribution is 2.20. The van der Waals surface area contributed by atoms with Crippen molar-refractivity contribution in [1.29, 1.82) is 0 Å². The van der Waals surface area contributed by atoms with Crippen LogP contribution in [0.1, 0.15) is 51.4 Å². The molecule has 2 fully saturated rings. The minimum absolute atomic E-state index is 0.510. The lowest BCUT2D eigenvalue weighted by atomic mass is 9.97. The van der Waals surface area contributed by atoms with Crippen molar-refractivity contribution in [3.63, 3.8) is 0 Å². The molecule has 1 heterocycles.